The third-order valence-electron chi connectivity index (χ3n) is 0. The minimum atomic E-state index is 0. The molecule has 0 saturated heterocycles. The molecular formula is HF6W-5. The number of rotatable bonds is 0. The molecule has 0 aliphatic heterocycles. The Morgan fingerprint density at radius 3 is 0.429 bits per heavy atom. The van der Waals surface area contributed by atoms with Crippen LogP contribution in [-0.2, 0) is 21.1 Å². The summed E-state index contributed by atoms with van der Waals surface area (Å²) in [6, 6.07) is 0. The first-order chi connectivity index (χ1) is 0. The van der Waals surface area contributed by atoms with Crippen LogP contribution in [0.4, 0.5) is 0 Å². The van der Waals surface area contributed by atoms with E-state index < -0.39 is 0 Å². The second kappa shape index (κ2) is 2420. The summed E-state index contributed by atoms with van der Waals surface area (Å²) < 4.78 is 0. The van der Waals surface area contributed by atoms with Crippen molar-refractivity contribution >= 4 is 0 Å². The molecule has 0 nitrogen and oxygen atoms in total. The average molecular weight is 299 g/mol. The Bertz CT molecular complexity index is 8.49. The Balaban J connectivity index is 0. The van der Waals surface area contributed by atoms with Crippen molar-refractivity contribution in [2.45, 2.75) is 0 Å². The zero-order chi connectivity index (χ0) is 0. The summed E-state index contributed by atoms with van der Waals surface area (Å²) in [6.07, 6.45) is 0. The second-order valence-electron chi connectivity index (χ2n) is 0. The van der Waals surface area contributed by atoms with Crippen LogP contribution in [0.5, 0.6) is 0 Å². The van der Waals surface area contributed by atoms with Crippen LogP contribution in [-0.4, -0.2) is 0 Å². The minimum Gasteiger partial charge on any atom is -1.00 e. The standard InChI is InChI=1S/6FH.W/h6*1H;/p-5. The molecule has 0 fully saturated rings. The van der Waals surface area contributed by atoms with Crippen LogP contribution in [0.1, 0.15) is 1.43 Å². The van der Waals surface area contributed by atoms with E-state index in [9.17, 15) is 0 Å². The van der Waals surface area contributed by atoms with E-state index >= 15 is 0 Å². The van der Waals surface area contributed by atoms with Crippen LogP contribution in [0.25, 0.3) is 0 Å². The number of hydrogen-bond donors (Lipinski definition) is 0. The molecule has 0 N–H and O–H groups in total. The average Bonchev–Trinajstić information content (AvgIpc) is 0. The van der Waals surface area contributed by atoms with E-state index in [2.05, 4.69) is 0 Å². The van der Waals surface area contributed by atoms with Gasteiger partial charge in [0.05, 0.1) is 0 Å². The van der Waals surface area contributed by atoms with Gasteiger partial charge in [0, 0.05) is 21.1 Å². The smallest absolute Gasteiger partial charge is 1.00 e. The Labute approximate surface area is 51.6 Å². The van der Waals surface area contributed by atoms with Crippen molar-refractivity contribution in [2.24, 2.45) is 0 Å². The van der Waals surface area contributed by atoms with Crippen molar-refractivity contribution in [3.63, 3.8) is 0 Å². The molecule has 0 heterocycles. The van der Waals surface area contributed by atoms with Gasteiger partial charge in [0.15, 0.2) is 0 Å². The molecular weight excluding hydrogens is 298 g/mol. The minimum absolute atomic E-state index is 0. The van der Waals surface area contributed by atoms with Gasteiger partial charge >= 0.3 is 1.43 Å². The fraction of sp³-hybridized carbons (Fsp3) is 0. The van der Waals surface area contributed by atoms with E-state index in [-0.39, 0.29) is 50.7 Å². The van der Waals surface area contributed by atoms with Gasteiger partial charge in [-0.05, 0) is 0 Å². The maximum atomic E-state index is 0. The molecule has 0 unspecified atom stereocenters. The zero-order valence-electron chi connectivity index (χ0n) is 3.68. The van der Waals surface area contributed by atoms with Gasteiger partial charge in [-0.15, -0.1) is 0 Å². The predicted molar refractivity (Wildman–Crippen MR) is 1.11 cm³/mol. The molecule has 0 bridgehead atoms. The fourth-order valence-electron chi connectivity index (χ4n) is 0. The largest absolute Gasteiger partial charge is 1.00 e. The summed E-state index contributed by atoms with van der Waals surface area (Å²) >= 11 is 0. The number of halogens is 6. The molecule has 0 rings (SSSR count). The summed E-state index contributed by atoms with van der Waals surface area (Å²) in [5.41, 5.74) is 0. The van der Waals surface area contributed by atoms with Crippen LogP contribution >= 0.6 is 0 Å². The van der Waals surface area contributed by atoms with Gasteiger partial charge in [-0.25, -0.2) is 0 Å². The van der Waals surface area contributed by atoms with Crippen molar-refractivity contribution < 1.29 is 50.7 Å². The maximum Gasteiger partial charge on any atom is 1.00 e. The van der Waals surface area contributed by atoms with Crippen LogP contribution in [0.2, 0.25) is 0 Å². The van der Waals surface area contributed by atoms with Gasteiger partial charge in [-0.3, -0.25) is 0 Å². The first kappa shape index (κ1) is 3970. The van der Waals surface area contributed by atoms with Crippen molar-refractivity contribution in [1.82, 2.24) is 0 Å². The van der Waals surface area contributed by atoms with Crippen LogP contribution in [0.15, 0.2) is 0 Å². The Morgan fingerprint density at radius 1 is 0.429 bits per heavy atom. The summed E-state index contributed by atoms with van der Waals surface area (Å²) in [4.78, 5) is 0. The molecule has 0 aromatic heterocycles. The quantitative estimate of drug-likeness (QED) is 0.390. The van der Waals surface area contributed by atoms with E-state index in [1.807, 2.05) is 0 Å². The molecule has 0 spiro atoms. The zero-order valence-corrected chi connectivity index (χ0v) is 5.61. The molecule has 0 radical (unpaired) electrons. The van der Waals surface area contributed by atoms with Gasteiger partial charge in [-0.1, -0.05) is 0 Å². The molecule has 0 aromatic rings. The number of hydrogen-bond acceptors (Lipinski definition) is 0. The fourth-order valence-corrected chi connectivity index (χ4v) is 0. The first-order valence-electron chi connectivity index (χ1n) is 0. The summed E-state index contributed by atoms with van der Waals surface area (Å²) in [6.45, 7) is 0. The molecule has 0 amide bonds. The third-order valence-corrected chi connectivity index (χ3v) is 0. The van der Waals surface area contributed by atoms with Crippen molar-refractivity contribution in [3.05, 3.63) is 0 Å². The van der Waals surface area contributed by atoms with Gasteiger partial charge < -0.3 is 28.2 Å². The van der Waals surface area contributed by atoms with Gasteiger partial charge in [0.1, 0.15) is 0 Å². The van der Waals surface area contributed by atoms with E-state index in [4.69, 9.17) is 0 Å². The predicted octanol–water partition coefficient (Wildman–Crippen LogP) is -17.9. The summed E-state index contributed by atoms with van der Waals surface area (Å²) in [7, 11) is 0. The van der Waals surface area contributed by atoms with E-state index in [0.717, 1.165) is 0 Å². The Kier molecular flexibility index (Phi) is 1370000. The third kappa shape index (κ3) is 1590. The van der Waals surface area contributed by atoms with Crippen molar-refractivity contribution in [1.29, 1.82) is 0 Å². The molecule has 54 valence electrons. The first-order valence-corrected chi connectivity index (χ1v) is 0. The maximum absolute atomic E-state index is 0. The summed E-state index contributed by atoms with van der Waals surface area (Å²) in [5.74, 6) is 0. The van der Waals surface area contributed by atoms with Crippen LogP contribution in [0.3, 0.4) is 0 Å². The molecule has 7 heteroatoms. The SMILES string of the molecule is [F-].[F-].[F-].[F-].[F-].[F-].[H+].[W]. The molecule has 0 aliphatic rings. The van der Waals surface area contributed by atoms with Gasteiger partial charge in [0.25, 0.3) is 0 Å². The second-order valence-corrected chi connectivity index (χ2v) is 0. The molecule has 0 saturated carbocycles. The molecule has 7 heavy (non-hydrogen) atoms. The topological polar surface area (TPSA) is 0 Å². The van der Waals surface area contributed by atoms with Crippen molar-refractivity contribution in [3.8, 4) is 0 Å². The summed E-state index contributed by atoms with van der Waals surface area (Å²) in [5, 5.41) is 0. The molecule has 0 aromatic carbocycles. The van der Waals surface area contributed by atoms with Gasteiger partial charge in [-0.2, -0.15) is 0 Å². The Hall–Kier alpha value is 0.268. The van der Waals surface area contributed by atoms with E-state index in [1.165, 1.54) is 0 Å². The molecule has 0 atom stereocenters. The Morgan fingerprint density at radius 2 is 0.429 bits per heavy atom. The van der Waals surface area contributed by atoms with Gasteiger partial charge in [0.2, 0.25) is 0 Å². The van der Waals surface area contributed by atoms with E-state index in [0.29, 0.717) is 0 Å². The monoisotopic (exact) mass is 299 g/mol. The van der Waals surface area contributed by atoms with Crippen molar-refractivity contribution in [2.75, 3.05) is 0 Å². The normalized spacial score (nSPS) is 0. The van der Waals surface area contributed by atoms with Crippen LogP contribution in [0, 0.1) is 0 Å². The molecule has 0 aliphatic carbocycles. The van der Waals surface area contributed by atoms with Crippen LogP contribution < -0.4 is 28.2 Å². The van der Waals surface area contributed by atoms with E-state index in [1.54, 1.807) is 0 Å².